The van der Waals surface area contributed by atoms with Gasteiger partial charge in [0, 0.05) is 11.6 Å². The summed E-state index contributed by atoms with van der Waals surface area (Å²) in [5.74, 6) is 0.544. The molecule has 1 heterocycles. The Morgan fingerprint density at radius 2 is 2.16 bits per heavy atom. The number of primary sulfonamides is 1. The maximum atomic E-state index is 11.5. The lowest BCUT2D eigenvalue weighted by Crippen LogP contribution is -2.14. The Morgan fingerprint density at radius 3 is 2.79 bits per heavy atom. The second-order valence-corrected chi connectivity index (χ2v) is 5.59. The molecule has 0 radical (unpaired) electrons. The molecule has 0 bridgehead atoms. The molecule has 19 heavy (non-hydrogen) atoms. The van der Waals surface area contributed by atoms with Crippen LogP contribution in [0.2, 0.25) is 0 Å². The number of rotatable bonds is 4. The lowest BCUT2D eigenvalue weighted by atomic mass is 10.2. The molecule has 100 valence electrons. The van der Waals surface area contributed by atoms with Gasteiger partial charge >= 0.3 is 0 Å². The molecule has 2 rings (SSSR count). The van der Waals surface area contributed by atoms with Crippen molar-refractivity contribution in [3.8, 4) is 5.75 Å². The second-order valence-electron chi connectivity index (χ2n) is 4.07. The highest BCUT2D eigenvalue weighted by atomic mass is 32.2. The van der Waals surface area contributed by atoms with Crippen LogP contribution in [0.25, 0.3) is 10.9 Å². The van der Waals surface area contributed by atoms with Gasteiger partial charge in [0.25, 0.3) is 0 Å². The molecule has 2 N–H and O–H groups in total. The molecule has 6 heteroatoms. The molecule has 0 aliphatic carbocycles. The summed E-state index contributed by atoms with van der Waals surface area (Å²) in [4.78, 5) is 4.06. The standard InChI is InChI=1S/C13H14N2O3S/c1-3-9(2)18-11-6-7-12(19(14,16)17)13-10(11)5-4-8-15-13/h3-9H,1H2,2H3,(H2,14,16,17). The van der Waals surface area contributed by atoms with Crippen molar-refractivity contribution in [1.29, 1.82) is 0 Å². The van der Waals surface area contributed by atoms with E-state index < -0.39 is 10.0 Å². The van der Waals surface area contributed by atoms with Crippen LogP contribution < -0.4 is 9.88 Å². The molecule has 0 amide bonds. The monoisotopic (exact) mass is 278 g/mol. The summed E-state index contributed by atoms with van der Waals surface area (Å²) in [5, 5.41) is 5.78. The Kier molecular flexibility index (Phi) is 3.55. The van der Waals surface area contributed by atoms with E-state index in [9.17, 15) is 8.42 Å². The van der Waals surface area contributed by atoms with E-state index in [0.29, 0.717) is 16.7 Å². The number of nitrogens with zero attached hydrogens (tertiary/aromatic N) is 1. The molecule has 1 aromatic carbocycles. The summed E-state index contributed by atoms with van der Waals surface area (Å²) in [6.07, 6.45) is 2.97. The molecule has 1 atom stereocenters. The predicted molar refractivity (Wildman–Crippen MR) is 73.4 cm³/mol. The van der Waals surface area contributed by atoms with Crippen molar-refractivity contribution in [2.24, 2.45) is 5.14 Å². The van der Waals surface area contributed by atoms with E-state index in [2.05, 4.69) is 11.6 Å². The third-order valence-electron chi connectivity index (χ3n) is 2.64. The number of hydrogen-bond acceptors (Lipinski definition) is 4. The normalized spacial score (nSPS) is 13.2. The average Bonchev–Trinajstić information content (AvgIpc) is 2.37. The number of hydrogen-bond donors (Lipinski definition) is 1. The van der Waals surface area contributed by atoms with E-state index in [1.165, 1.54) is 12.3 Å². The number of aromatic nitrogens is 1. The smallest absolute Gasteiger partial charge is 0.240 e. The molecule has 1 aromatic heterocycles. The summed E-state index contributed by atoms with van der Waals surface area (Å²) in [7, 11) is -3.82. The second kappa shape index (κ2) is 4.99. The van der Waals surface area contributed by atoms with Gasteiger partial charge in [-0.25, -0.2) is 13.6 Å². The Hall–Kier alpha value is -1.92. The summed E-state index contributed by atoms with van der Waals surface area (Å²) in [6, 6.07) is 6.42. The maximum absolute atomic E-state index is 11.5. The molecule has 0 saturated heterocycles. The van der Waals surface area contributed by atoms with Gasteiger partial charge in [0.15, 0.2) is 0 Å². The SMILES string of the molecule is C=CC(C)Oc1ccc(S(N)(=O)=O)c2ncccc12. The summed E-state index contributed by atoms with van der Waals surface area (Å²) in [5.41, 5.74) is 0.304. The zero-order valence-corrected chi connectivity index (χ0v) is 11.2. The first-order valence-electron chi connectivity index (χ1n) is 5.63. The van der Waals surface area contributed by atoms with Crippen LogP contribution in [-0.4, -0.2) is 19.5 Å². The fourth-order valence-electron chi connectivity index (χ4n) is 1.70. The van der Waals surface area contributed by atoms with Gasteiger partial charge < -0.3 is 4.74 Å². The van der Waals surface area contributed by atoms with Crippen LogP contribution in [0.5, 0.6) is 5.75 Å². The number of pyridine rings is 1. The van der Waals surface area contributed by atoms with Crippen LogP contribution in [-0.2, 0) is 10.0 Å². The van der Waals surface area contributed by atoms with Crippen molar-refractivity contribution < 1.29 is 13.2 Å². The highest BCUT2D eigenvalue weighted by Crippen LogP contribution is 2.29. The van der Waals surface area contributed by atoms with Gasteiger partial charge in [0.2, 0.25) is 10.0 Å². The lowest BCUT2D eigenvalue weighted by Gasteiger charge is -2.13. The molecule has 5 nitrogen and oxygen atoms in total. The molecular formula is C13H14N2O3S. The first-order chi connectivity index (χ1) is 8.93. The van der Waals surface area contributed by atoms with Crippen molar-refractivity contribution in [1.82, 2.24) is 4.98 Å². The Bertz CT molecular complexity index is 726. The highest BCUT2D eigenvalue weighted by molar-refractivity contribution is 7.89. The van der Waals surface area contributed by atoms with Crippen molar-refractivity contribution in [2.75, 3.05) is 0 Å². The van der Waals surface area contributed by atoms with Gasteiger partial charge in [0.1, 0.15) is 16.7 Å². The number of benzene rings is 1. The van der Waals surface area contributed by atoms with E-state index in [0.717, 1.165) is 0 Å². The average molecular weight is 278 g/mol. The molecule has 1 unspecified atom stereocenters. The first-order valence-corrected chi connectivity index (χ1v) is 7.18. The Labute approximate surface area is 111 Å². The fourth-order valence-corrected chi connectivity index (χ4v) is 2.39. The van der Waals surface area contributed by atoms with Crippen LogP contribution in [0.15, 0.2) is 48.0 Å². The first kappa shape index (κ1) is 13.5. The third-order valence-corrected chi connectivity index (χ3v) is 3.59. The van der Waals surface area contributed by atoms with Crippen LogP contribution in [0, 0.1) is 0 Å². The topological polar surface area (TPSA) is 82.3 Å². The Balaban J connectivity index is 2.68. The summed E-state index contributed by atoms with van der Waals surface area (Å²) in [6.45, 7) is 5.47. The lowest BCUT2D eigenvalue weighted by molar-refractivity contribution is 0.273. The van der Waals surface area contributed by atoms with E-state index in [1.54, 1.807) is 24.3 Å². The van der Waals surface area contributed by atoms with Crippen molar-refractivity contribution >= 4 is 20.9 Å². The predicted octanol–water partition coefficient (Wildman–Crippen LogP) is 1.84. The number of fused-ring (bicyclic) bond motifs is 1. The van der Waals surface area contributed by atoms with Crippen molar-refractivity contribution in [3.05, 3.63) is 43.1 Å². The molecular weight excluding hydrogens is 264 g/mol. The minimum Gasteiger partial charge on any atom is -0.486 e. The van der Waals surface area contributed by atoms with Gasteiger partial charge in [-0.3, -0.25) is 4.98 Å². The van der Waals surface area contributed by atoms with Gasteiger partial charge in [-0.2, -0.15) is 0 Å². The minimum atomic E-state index is -3.82. The van der Waals surface area contributed by atoms with E-state index in [4.69, 9.17) is 9.88 Å². The van der Waals surface area contributed by atoms with Gasteiger partial charge in [-0.15, -0.1) is 0 Å². The largest absolute Gasteiger partial charge is 0.486 e. The molecule has 0 aliphatic rings. The van der Waals surface area contributed by atoms with Gasteiger partial charge in [-0.1, -0.05) is 12.7 Å². The molecule has 2 aromatic rings. The number of ether oxygens (including phenoxy) is 1. The number of nitrogens with two attached hydrogens (primary N) is 1. The van der Waals surface area contributed by atoms with Crippen LogP contribution in [0.1, 0.15) is 6.92 Å². The molecule has 0 fully saturated rings. The van der Waals surface area contributed by atoms with E-state index in [-0.39, 0.29) is 11.0 Å². The van der Waals surface area contributed by atoms with E-state index >= 15 is 0 Å². The molecule has 0 spiro atoms. The van der Waals surface area contributed by atoms with Crippen molar-refractivity contribution in [2.45, 2.75) is 17.9 Å². The van der Waals surface area contributed by atoms with Crippen LogP contribution in [0.4, 0.5) is 0 Å². The van der Waals surface area contributed by atoms with Crippen LogP contribution >= 0.6 is 0 Å². The zero-order chi connectivity index (χ0) is 14.0. The summed E-state index contributed by atoms with van der Waals surface area (Å²) >= 11 is 0. The van der Waals surface area contributed by atoms with E-state index in [1.807, 2.05) is 6.92 Å². The van der Waals surface area contributed by atoms with Crippen molar-refractivity contribution in [3.63, 3.8) is 0 Å². The Morgan fingerprint density at radius 1 is 1.42 bits per heavy atom. The fraction of sp³-hybridized carbons (Fsp3) is 0.154. The maximum Gasteiger partial charge on any atom is 0.240 e. The van der Waals surface area contributed by atoms with Gasteiger partial charge in [0.05, 0.1) is 5.52 Å². The van der Waals surface area contributed by atoms with Crippen LogP contribution in [0.3, 0.4) is 0 Å². The highest BCUT2D eigenvalue weighted by Gasteiger charge is 2.16. The third kappa shape index (κ3) is 2.74. The summed E-state index contributed by atoms with van der Waals surface area (Å²) < 4.78 is 28.7. The molecule has 0 saturated carbocycles. The minimum absolute atomic E-state index is 0.0123. The van der Waals surface area contributed by atoms with Gasteiger partial charge in [-0.05, 0) is 31.2 Å². The quantitative estimate of drug-likeness (QED) is 0.865. The zero-order valence-electron chi connectivity index (χ0n) is 10.4. The number of sulfonamides is 1. The molecule has 0 aliphatic heterocycles.